The van der Waals surface area contributed by atoms with E-state index in [9.17, 15) is 22.0 Å². The Balaban J connectivity index is 1.59. The predicted molar refractivity (Wildman–Crippen MR) is 146 cm³/mol. The van der Waals surface area contributed by atoms with Gasteiger partial charge in [0.25, 0.3) is 5.91 Å². The lowest BCUT2D eigenvalue weighted by atomic mass is 10.2. The normalized spacial score (nSPS) is 12.0. The Kier molecular flexibility index (Phi) is 8.51. The van der Waals surface area contributed by atoms with Crippen molar-refractivity contribution in [3.05, 3.63) is 89.5 Å². The maximum Gasteiger partial charge on any atom is 0.260 e. The fourth-order valence-corrected chi connectivity index (χ4v) is 6.11. The summed E-state index contributed by atoms with van der Waals surface area (Å²) in [4.78, 5) is 21.3. The van der Waals surface area contributed by atoms with Gasteiger partial charge in [-0.1, -0.05) is 41.7 Å². The molecular formula is C27H28F2N4O3S2. The van der Waals surface area contributed by atoms with Crippen molar-refractivity contribution in [2.75, 3.05) is 39.1 Å². The number of anilines is 1. The third kappa shape index (κ3) is 6.24. The van der Waals surface area contributed by atoms with Gasteiger partial charge in [0.2, 0.25) is 10.0 Å². The zero-order chi connectivity index (χ0) is 27.4. The smallest absolute Gasteiger partial charge is 0.260 e. The van der Waals surface area contributed by atoms with Crippen molar-refractivity contribution in [2.24, 2.45) is 0 Å². The summed E-state index contributed by atoms with van der Waals surface area (Å²) in [5.41, 5.74) is 1.11. The van der Waals surface area contributed by atoms with E-state index >= 15 is 0 Å². The molecule has 38 heavy (non-hydrogen) atoms. The number of hydrogen-bond acceptors (Lipinski definition) is 6. The number of carbonyl (C=O) groups excluding carboxylic acids is 1. The van der Waals surface area contributed by atoms with Crippen LogP contribution in [0.15, 0.2) is 71.6 Å². The largest absolute Gasteiger partial charge is 0.309 e. The van der Waals surface area contributed by atoms with Gasteiger partial charge < -0.3 is 4.90 Å². The van der Waals surface area contributed by atoms with Crippen LogP contribution in [0.1, 0.15) is 22.3 Å². The highest BCUT2D eigenvalue weighted by Gasteiger charge is 2.25. The molecule has 0 aliphatic rings. The number of halogens is 2. The van der Waals surface area contributed by atoms with Gasteiger partial charge in [-0.25, -0.2) is 22.2 Å². The molecule has 3 aromatic carbocycles. The maximum absolute atomic E-state index is 14.3. The molecule has 0 fully saturated rings. The van der Waals surface area contributed by atoms with Crippen LogP contribution in [0.3, 0.4) is 0 Å². The quantitative estimate of drug-likeness (QED) is 0.274. The average Bonchev–Trinajstić information content (AvgIpc) is 3.31. The number of carbonyl (C=O) groups is 1. The molecule has 0 bridgehead atoms. The number of hydrogen-bond donors (Lipinski definition) is 0. The third-order valence-electron chi connectivity index (χ3n) is 5.92. The first-order valence-corrected chi connectivity index (χ1v) is 14.1. The summed E-state index contributed by atoms with van der Waals surface area (Å²) in [5.74, 6) is -1.92. The second-order valence-corrected chi connectivity index (χ2v) is 12.2. The molecule has 11 heteroatoms. The van der Waals surface area contributed by atoms with E-state index in [-0.39, 0.29) is 27.7 Å². The fourth-order valence-electron chi connectivity index (χ4n) is 3.92. The average molecular weight is 559 g/mol. The van der Waals surface area contributed by atoms with E-state index < -0.39 is 27.6 Å². The molecular weight excluding hydrogens is 530 g/mol. The van der Waals surface area contributed by atoms with Gasteiger partial charge in [-0.15, -0.1) is 0 Å². The molecule has 0 radical (unpaired) electrons. The Morgan fingerprint density at radius 2 is 1.63 bits per heavy atom. The first-order valence-electron chi connectivity index (χ1n) is 11.9. The number of benzene rings is 3. The van der Waals surface area contributed by atoms with Crippen LogP contribution in [0, 0.1) is 11.6 Å². The molecule has 7 nitrogen and oxygen atoms in total. The van der Waals surface area contributed by atoms with Crippen LogP contribution in [0.4, 0.5) is 13.9 Å². The number of sulfonamides is 1. The van der Waals surface area contributed by atoms with Crippen molar-refractivity contribution in [3.8, 4) is 0 Å². The molecule has 0 N–H and O–H groups in total. The van der Waals surface area contributed by atoms with E-state index in [0.29, 0.717) is 24.2 Å². The van der Waals surface area contributed by atoms with E-state index in [1.807, 2.05) is 49.3 Å². The van der Waals surface area contributed by atoms with E-state index in [4.69, 9.17) is 0 Å². The van der Waals surface area contributed by atoms with E-state index in [1.54, 1.807) is 0 Å². The Bertz CT molecular complexity index is 1530. The van der Waals surface area contributed by atoms with Crippen LogP contribution in [-0.4, -0.2) is 62.7 Å². The summed E-state index contributed by atoms with van der Waals surface area (Å²) in [7, 11) is 1.54. The second-order valence-electron chi connectivity index (χ2n) is 9.12. The van der Waals surface area contributed by atoms with E-state index in [2.05, 4.69) is 4.98 Å². The van der Waals surface area contributed by atoms with E-state index in [1.165, 1.54) is 46.6 Å². The minimum Gasteiger partial charge on any atom is -0.309 e. The Hall–Kier alpha value is -3.25. The van der Waals surface area contributed by atoms with Crippen LogP contribution in [-0.2, 0) is 16.6 Å². The lowest BCUT2D eigenvalue weighted by Gasteiger charge is -2.21. The fraction of sp³-hybridized carbons (Fsp3) is 0.259. The molecule has 0 saturated heterocycles. The lowest BCUT2D eigenvalue weighted by Crippen LogP contribution is -2.33. The molecule has 0 aliphatic heterocycles. The monoisotopic (exact) mass is 558 g/mol. The van der Waals surface area contributed by atoms with Crippen molar-refractivity contribution in [2.45, 2.75) is 17.9 Å². The topological polar surface area (TPSA) is 73.8 Å². The zero-order valence-electron chi connectivity index (χ0n) is 21.3. The molecule has 0 atom stereocenters. The molecule has 4 aromatic rings. The highest BCUT2D eigenvalue weighted by Crippen LogP contribution is 2.32. The van der Waals surface area contributed by atoms with Crippen molar-refractivity contribution < 1.29 is 22.0 Å². The standard InChI is InChI=1S/C27H28F2N4O3S2/c1-31(2)14-7-15-33(27-30-25-23(29)16-21(28)17-24(25)37-27)26(34)20-10-12-22(13-11-20)38(35,36)32(3)18-19-8-5-4-6-9-19/h4-6,8-13,16-17H,7,14-15,18H2,1-3H3. The highest BCUT2D eigenvalue weighted by molar-refractivity contribution is 7.89. The maximum atomic E-state index is 14.3. The summed E-state index contributed by atoms with van der Waals surface area (Å²) in [6.45, 7) is 1.20. The van der Waals surface area contributed by atoms with Crippen LogP contribution in [0.2, 0.25) is 0 Å². The first-order chi connectivity index (χ1) is 18.1. The van der Waals surface area contributed by atoms with Crippen molar-refractivity contribution in [1.29, 1.82) is 0 Å². The molecule has 0 spiro atoms. The summed E-state index contributed by atoms with van der Waals surface area (Å²) in [6, 6.07) is 16.9. The SMILES string of the molecule is CN(C)CCCN(C(=O)c1ccc(S(=O)(=O)N(C)Cc2ccccc2)cc1)c1nc2c(F)cc(F)cc2s1. The van der Waals surface area contributed by atoms with Gasteiger partial charge in [-0.3, -0.25) is 9.69 Å². The first kappa shape index (κ1) is 27.8. The van der Waals surface area contributed by atoms with Crippen molar-refractivity contribution in [1.82, 2.24) is 14.2 Å². The number of fused-ring (bicyclic) bond motifs is 1. The molecule has 1 amide bonds. The number of rotatable bonds is 10. The van der Waals surface area contributed by atoms with Gasteiger partial charge in [0.15, 0.2) is 10.9 Å². The van der Waals surface area contributed by atoms with E-state index in [0.717, 1.165) is 23.0 Å². The van der Waals surface area contributed by atoms with Gasteiger partial charge >= 0.3 is 0 Å². The highest BCUT2D eigenvalue weighted by atomic mass is 32.2. The van der Waals surface area contributed by atoms with Crippen LogP contribution in [0.5, 0.6) is 0 Å². The van der Waals surface area contributed by atoms with Gasteiger partial charge in [0.05, 0.1) is 9.60 Å². The molecule has 0 unspecified atom stereocenters. The van der Waals surface area contributed by atoms with Gasteiger partial charge in [0.1, 0.15) is 11.3 Å². The van der Waals surface area contributed by atoms with Gasteiger partial charge in [0, 0.05) is 31.8 Å². The summed E-state index contributed by atoms with van der Waals surface area (Å²) in [6.07, 6.45) is 0.613. The van der Waals surface area contributed by atoms with Gasteiger partial charge in [-0.2, -0.15) is 4.31 Å². The molecule has 0 aliphatic carbocycles. The minimum atomic E-state index is -3.79. The number of amides is 1. The van der Waals surface area contributed by atoms with Crippen LogP contribution in [0.25, 0.3) is 10.2 Å². The molecule has 0 saturated carbocycles. The number of thiazole rings is 1. The Labute approximate surface area is 225 Å². The summed E-state index contributed by atoms with van der Waals surface area (Å²) in [5, 5.41) is 0.243. The third-order valence-corrected chi connectivity index (χ3v) is 8.77. The minimum absolute atomic E-state index is 0.000274. The zero-order valence-corrected chi connectivity index (χ0v) is 22.9. The lowest BCUT2D eigenvalue weighted by molar-refractivity contribution is 0.0986. The van der Waals surface area contributed by atoms with Crippen molar-refractivity contribution in [3.63, 3.8) is 0 Å². The second kappa shape index (κ2) is 11.6. The Morgan fingerprint density at radius 3 is 2.29 bits per heavy atom. The Morgan fingerprint density at radius 1 is 0.947 bits per heavy atom. The number of nitrogens with zero attached hydrogens (tertiary/aromatic N) is 4. The number of aromatic nitrogens is 1. The molecule has 1 aromatic heterocycles. The summed E-state index contributed by atoms with van der Waals surface area (Å²) < 4.78 is 55.8. The molecule has 1 heterocycles. The molecule has 4 rings (SSSR count). The van der Waals surface area contributed by atoms with Gasteiger partial charge in [-0.05, 0) is 63.0 Å². The van der Waals surface area contributed by atoms with Crippen molar-refractivity contribution >= 4 is 42.6 Å². The predicted octanol–water partition coefficient (Wildman–Crippen LogP) is 4.99. The summed E-state index contributed by atoms with van der Waals surface area (Å²) >= 11 is 1.03. The van der Waals surface area contributed by atoms with Crippen LogP contribution < -0.4 is 4.90 Å². The molecule has 200 valence electrons. The van der Waals surface area contributed by atoms with Crippen LogP contribution >= 0.6 is 11.3 Å².